The van der Waals surface area contributed by atoms with Gasteiger partial charge in [0.15, 0.2) is 0 Å². The van der Waals surface area contributed by atoms with Crippen LogP contribution < -0.4 is 5.32 Å². The minimum Gasteiger partial charge on any atom is -0.481 e. The third-order valence-corrected chi connectivity index (χ3v) is 3.93. The van der Waals surface area contributed by atoms with Gasteiger partial charge in [0.05, 0.1) is 18.9 Å². The fourth-order valence-electron chi connectivity index (χ4n) is 2.53. The third-order valence-electron chi connectivity index (χ3n) is 3.93. The van der Waals surface area contributed by atoms with Crippen LogP contribution in [0, 0.1) is 0 Å². The molecule has 110 valence electrons. The molecule has 0 aromatic carbocycles. The molecule has 0 spiro atoms. The zero-order valence-electron chi connectivity index (χ0n) is 11.9. The van der Waals surface area contributed by atoms with E-state index in [1.807, 2.05) is 13.8 Å². The first-order valence-corrected chi connectivity index (χ1v) is 7.15. The number of carboxylic acid groups (broad SMARTS) is 1. The van der Waals surface area contributed by atoms with Crippen LogP contribution in [0.15, 0.2) is 0 Å². The lowest BCUT2D eigenvalue weighted by atomic mass is 9.88. The van der Waals surface area contributed by atoms with Crippen molar-refractivity contribution in [3.8, 4) is 0 Å². The summed E-state index contributed by atoms with van der Waals surface area (Å²) >= 11 is 0. The topological polar surface area (TPSA) is 75.6 Å². The average Bonchev–Trinajstić information content (AvgIpc) is 2.38. The first kappa shape index (κ1) is 16.0. The van der Waals surface area contributed by atoms with Crippen molar-refractivity contribution in [3.63, 3.8) is 0 Å². The Labute approximate surface area is 114 Å². The third kappa shape index (κ3) is 5.19. The molecule has 2 N–H and O–H groups in total. The van der Waals surface area contributed by atoms with Gasteiger partial charge < -0.3 is 15.2 Å². The standard InChI is InChI=1S/C14H25NO4/c1-3-14(4-2,10-13(17)18)15-12(16)9-11-7-5-6-8-19-11/h11H,3-10H2,1-2H3,(H,15,16)(H,17,18). The van der Waals surface area contributed by atoms with E-state index < -0.39 is 11.5 Å². The van der Waals surface area contributed by atoms with Gasteiger partial charge in [-0.1, -0.05) is 13.8 Å². The predicted molar refractivity (Wildman–Crippen MR) is 71.9 cm³/mol. The van der Waals surface area contributed by atoms with Gasteiger partial charge >= 0.3 is 5.97 Å². The van der Waals surface area contributed by atoms with Crippen LogP contribution in [-0.4, -0.2) is 35.2 Å². The van der Waals surface area contributed by atoms with E-state index in [4.69, 9.17) is 9.84 Å². The van der Waals surface area contributed by atoms with Crippen molar-refractivity contribution in [2.45, 2.75) is 70.4 Å². The van der Waals surface area contributed by atoms with Gasteiger partial charge in [0.1, 0.15) is 0 Å². The monoisotopic (exact) mass is 271 g/mol. The highest BCUT2D eigenvalue weighted by molar-refractivity contribution is 5.78. The van der Waals surface area contributed by atoms with Gasteiger partial charge in [0.2, 0.25) is 5.91 Å². The highest BCUT2D eigenvalue weighted by atomic mass is 16.5. The molecule has 5 heteroatoms. The fraction of sp³-hybridized carbons (Fsp3) is 0.857. The molecule has 1 fully saturated rings. The molecule has 0 aliphatic carbocycles. The smallest absolute Gasteiger partial charge is 0.305 e. The van der Waals surface area contributed by atoms with Crippen molar-refractivity contribution in [3.05, 3.63) is 0 Å². The van der Waals surface area contributed by atoms with Gasteiger partial charge in [-0.15, -0.1) is 0 Å². The van der Waals surface area contributed by atoms with E-state index in [1.54, 1.807) is 0 Å². The summed E-state index contributed by atoms with van der Waals surface area (Å²) in [6.07, 6.45) is 4.60. The van der Waals surface area contributed by atoms with E-state index in [0.717, 1.165) is 25.9 Å². The lowest BCUT2D eigenvalue weighted by Gasteiger charge is -2.32. The molecule has 1 aliphatic heterocycles. The van der Waals surface area contributed by atoms with E-state index in [0.29, 0.717) is 19.3 Å². The SMILES string of the molecule is CCC(CC)(CC(=O)O)NC(=O)CC1CCCCO1. The number of rotatable bonds is 7. The lowest BCUT2D eigenvalue weighted by molar-refractivity contribution is -0.139. The Morgan fingerprint density at radius 1 is 1.32 bits per heavy atom. The number of ether oxygens (including phenoxy) is 1. The first-order chi connectivity index (χ1) is 9.01. The Morgan fingerprint density at radius 2 is 2.00 bits per heavy atom. The molecule has 5 nitrogen and oxygen atoms in total. The molecule has 19 heavy (non-hydrogen) atoms. The van der Waals surface area contributed by atoms with Gasteiger partial charge in [-0.25, -0.2) is 0 Å². The highest BCUT2D eigenvalue weighted by Crippen LogP contribution is 2.21. The van der Waals surface area contributed by atoms with Gasteiger partial charge in [0.25, 0.3) is 0 Å². The lowest BCUT2D eigenvalue weighted by Crippen LogP contribution is -2.50. The summed E-state index contributed by atoms with van der Waals surface area (Å²) in [5.74, 6) is -0.977. The molecule has 0 saturated carbocycles. The van der Waals surface area contributed by atoms with Crippen LogP contribution in [0.4, 0.5) is 0 Å². The summed E-state index contributed by atoms with van der Waals surface area (Å²) in [5, 5.41) is 11.9. The summed E-state index contributed by atoms with van der Waals surface area (Å²) in [6, 6.07) is 0. The summed E-state index contributed by atoms with van der Waals surface area (Å²) in [6.45, 7) is 4.54. The Balaban J connectivity index is 2.52. The fourth-order valence-corrected chi connectivity index (χ4v) is 2.53. The maximum Gasteiger partial charge on any atom is 0.305 e. The van der Waals surface area contributed by atoms with Gasteiger partial charge in [-0.3, -0.25) is 9.59 Å². The molecule has 0 radical (unpaired) electrons. The molecular formula is C14H25NO4. The van der Waals surface area contributed by atoms with E-state index in [1.165, 1.54) is 0 Å². The number of hydrogen-bond acceptors (Lipinski definition) is 3. The van der Waals surface area contributed by atoms with E-state index in [2.05, 4.69) is 5.32 Å². The summed E-state index contributed by atoms with van der Waals surface area (Å²) in [5.41, 5.74) is -0.627. The van der Waals surface area contributed by atoms with Crippen LogP contribution in [-0.2, 0) is 14.3 Å². The number of amides is 1. The van der Waals surface area contributed by atoms with Gasteiger partial charge in [-0.05, 0) is 32.1 Å². The number of carbonyl (C=O) groups excluding carboxylic acids is 1. The van der Waals surface area contributed by atoms with Crippen molar-refractivity contribution in [1.29, 1.82) is 0 Å². The number of nitrogens with one attached hydrogen (secondary N) is 1. The molecule has 0 aromatic rings. The van der Waals surface area contributed by atoms with Crippen molar-refractivity contribution in [2.24, 2.45) is 0 Å². The van der Waals surface area contributed by atoms with Crippen LogP contribution in [0.25, 0.3) is 0 Å². The average molecular weight is 271 g/mol. The molecule has 1 rings (SSSR count). The predicted octanol–water partition coefficient (Wildman–Crippen LogP) is 2.10. The number of hydrogen-bond donors (Lipinski definition) is 2. The summed E-state index contributed by atoms with van der Waals surface area (Å²) < 4.78 is 5.53. The Hall–Kier alpha value is -1.10. The quantitative estimate of drug-likeness (QED) is 0.743. The second-order valence-corrected chi connectivity index (χ2v) is 5.30. The van der Waals surface area contributed by atoms with Crippen molar-refractivity contribution < 1.29 is 19.4 Å². The molecule has 0 aromatic heterocycles. The minimum absolute atomic E-state index is 0.00927. The summed E-state index contributed by atoms with van der Waals surface area (Å²) in [4.78, 5) is 23.0. The van der Waals surface area contributed by atoms with Crippen LogP contribution >= 0.6 is 0 Å². The van der Waals surface area contributed by atoms with Gasteiger partial charge in [-0.2, -0.15) is 0 Å². The minimum atomic E-state index is -0.877. The Kier molecular flexibility index (Phi) is 6.28. The maximum absolute atomic E-state index is 12.0. The molecular weight excluding hydrogens is 246 g/mol. The normalized spacial score (nSPS) is 20.0. The van der Waals surface area contributed by atoms with E-state index >= 15 is 0 Å². The zero-order chi connectivity index (χ0) is 14.3. The van der Waals surface area contributed by atoms with Crippen LogP contribution in [0.3, 0.4) is 0 Å². The summed E-state index contributed by atoms with van der Waals surface area (Å²) in [7, 11) is 0. The molecule has 1 heterocycles. The number of aliphatic carboxylic acids is 1. The second kappa shape index (κ2) is 7.48. The second-order valence-electron chi connectivity index (χ2n) is 5.30. The maximum atomic E-state index is 12.0. The van der Waals surface area contributed by atoms with Crippen LogP contribution in [0.1, 0.15) is 58.8 Å². The van der Waals surface area contributed by atoms with E-state index in [-0.39, 0.29) is 18.4 Å². The van der Waals surface area contributed by atoms with Crippen LogP contribution in [0.5, 0.6) is 0 Å². The Morgan fingerprint density at radius 3 is 2.47 bits per heavy atom. The van der Waals surface area contributed by atoms with E-state index in [9.17, 15) is 9.59 Å². The van der Waals surface area contributed by atoms with Crippen LogP contribution in [0.2, 0.25) is 0 Å². The molecule has 1 unspecified atom stereocenters. The number of carbonyl (C=O) groups is 2. The molecule has 1 aliphatic rings. The Bertz CT molecular complexity index is 307. The van der Waals surface area contributed by atoms with Crippen molar-refractivity contribution >= 4 is 11.9 Å². The molecule has 1 atom stereocenters. The van der Waals surface area contributed by atoms with Crippen molar-refractivity contribution in [1.82, 2.24) is 5.32 Å². The van der Waals surface area contributed by atoms with Crippen molar-refractivity contribution in [2.75, 3.05) is 6.61 Å². The molecule has 1 saturated heterocycles. The first-order valence-electron chi connectivity index (χ1n) is 7.15. The molecule has 0 bridgehead atoms. The molecule has 1 amide bonds. The van der Waals surface area contributed by atoms with Gasteiger partial charge in [0, 0.05) is 12.1 Å². The zero-order valence-corrected chi connectivity index (χ0v) is 11.9. The largest absolute Gasteiger partial charge is 0.481 e. The number of carboxylic acids is 1. The highest BCUT2D eigenvalue weighted by Gasteiger charge is 2.31.